The summed E-state index contributed by atoms with van der Waals surface area (Å²) in [5.41, 5.74) is 2.47. The first-order valence-electron chi connectivity index (χ1n) is 6.50. The second-order valence-corrected chi connectivity index (χ2v) is 4.76. The van der Waals surface area contributed by atoms with Crippen LogP contribution in [0.3, 0.4) is 0 Å². The molecule has 18 heavy (non-hydrogen) atoms. The number of Topliss-reactive ketones (excluding diaryl/α,β-unsaturated/α-hetero) is 2. The van der Waals surface area contributed by atoms with Gasteiger partial charge in [0.1, 0.15) is 0 Å². The molecule has 0 bridgehead atoms. The smallest absolute Gasteiger partial charge is 0.190 e. The van der Waals surface area contributed by atoms with Crippen molar-refractivity contribution >= 4 is 11.6 Å². The lowest BCUT2D eigenvalue weighted by molar-refractivity contribution is 0.0964. The van der Waals surface area contributed by atoms with Gasteiger partial charge in [-0.05, 0) is 25.7 Å². The third-order valence-electron chi connectivity index (χ3n) is 3.80. The van der Waals surface area contributed by atoms with E-state index in [-0.39, 0.29) is 17.5 Å². The van der Waals surface area contributed by atoms with Crippen LogP contribution in [-0.2, 0) is 0 Å². The third-order valence-corrected chi connectivity index (χ3v) is 3.80. The second kappa shape index (κ2) is 4.89. The summed E-state index contributed by atoms with van der Waals surface area (Å²) in [6.45, 7) is 5.91. The lowest BCUT2D eigenvalue weighted by Gasteiger charge is -2.24. The normalized spacial score (nSPS) is 15.3. The minimum atomic E-state index is 0.00657. The van der Waals surface area contributed by atoms with Crippen LogP contribution in [0.5, 0.6) is 0 Å². The van der Waals surface area contributed by atoms with Gasteiger partial charge in [0, 0.05) is 22.3 Å². The highest BCUT2D eigenvalue weighted by Crippen LogP contribution is 2.32. The highest BCUT2D eigenvalue weighted by molar-refractivity contribution is 6.26. The number of benzene rings is 1. The maximum absolute atomic E-state index is 12.5. The predicted octanol–water partition coefficient (Wildman–Crippen LogP) is 3.82. The molecule has 0 spiro atoms. The van der Waals surface area contributed by atoms with Crippen molar-refractivity contribution in [3.05, 3.63) is 46.5 Å². The van der Waals surface area contributed by atoms with E-state index in [4.69, 9.17) is 0 Å². The van der Waals surface area contributed by atoms with Crippen molar-refractivity contribution in [2.75, 3.05) is 0 Å². The van der Waals surface area contributed by atoms with Crippen LogP contribution in [0.25, 0.3) is 0 Å². The van der Waals surface area contributed by atoms with Crippen LogP contribution < -0.4 is 0 Å². The van der Waals surface area contributed by atoms with Crippen molar-refractivity contribution in [2.45, 2.75) is 33.6 Å². The summed E-state index contributed by atoms with van der Waals surface area (Å²) < 4.78 is 0. The highest BCUT2D eigenvalue weighted by atomic mass is 16.1. The van der Waals surface area contributed by atoms with Gasteiger partial charge >= 0.3 is 0 Å². The van der Waals surface area contributed by atoms with E-state index < -0.39 is 0 Å². The molecular weight excluding hydrogens is 224 g/mol. The molecule has 1 aliphatic rings. The molecule has 1 aromatic carbocycles. The Kier molecular flexibility index (Phi) is 3.46. The number of rotatable bonds is 3. The van der Waals surface area contributed by atoms with E-state index in [0.29, 0.717) is 16.7 Å². The molecule has 0 heterocycles. The minimum Gasteiger partial charge on any atom is -0.289 e. The Hall–Kier alpha value is -1.70. The first kappa shape index (κ1) is 12.7. The fourth-order valence-electron chi connectivity index (χ4n) is 2.71. The Labute approximate surface area is 108 Å². The van der Waals surface area contributed by atoms with Gasteiger partial charge in [0.05, 0.1) is 0 Å². The quantitative estimate of drug-likeness (QED) is 0.807. The van der Waals surface area contributed by atoms with Crippen molar-refractivity contribution in [1.29, 1.82) is 0 Å². The second-order valence-electron chi connectivity index (χ2n) is 4.76. The van der Waals surface area contributed by atoms with Crippen molar-refractivity contribution < 1.29 is 9.59 Å². The number of allylic oxidation sites excluding steroid dienone is 2. The number of ketones is 2. The fraction of sp³-hybridized carbons (Fsp3) is 0.375. The van der Waals surface area contributed by atoms with Gasteiger partial charge in [-0.2, -0.15) is 0 Å². The molecule has 0 atom stereocenters. The summed E-state index contributed by atoms with van der Waals surface area (Å²) >= 11 is 0. The Morgan fingerprint density at radius 2 is 1.44 bits per heavy atom. The van der Waals surface area contributed by atoms with Gasteiger partial charge in [-0.1, -0.05) is 38.1 Å². The topological polar surface area (TPSA) is 34.1 Å². The molecule has 0 fully saturated rings. The lowest BCUT2D eigenvalue weighted by Crippen LogP contribution is -2.25. The van der Waals surface area contributed by atoms with E-state index in [1.807, 2.05) is 6.07 Å². The fourth-order valence-corrected chi connectivity index (χ4v) is 2.71. The SMILES string of the molecule is CCC(CC)C1=C(C)C(=O)c2ccccc2C1=O. The van der Waals surface area contributed by atoms with E-state index in [1.165, 1.54) is 0 Å². The van der Waals surface area contributed by atoms with Gasteiger partial charge in [0.2, 0.25) is 0 Å². The van der Waals surface area contributed by atoms with Crippen LogP contribution in [0.1, 0.15) is 54.3 Å². The Balaban J connectivity index is 2.60. The van der Waals surface area contributed by atoms with Crippen molar-refractivity contribution in [1.82, 2.24) is 0 Å². The first-order chi connectivity index (χ1) is 8.61. The number of fused-ring (bicyclic) bond motifs is 1. The lowest BCUT2D eigenvalue weighted by atomic mass is 9.77. The molecule has 0 radical (unpaired) electrons. The molecule has 94 valence electrons. The first-order valence-corrected chi connectivity index (χ1v) is 6.50. The van der Waals surface area contributed by atoms with Crippen LogP contribution in [0.2, 0.25) is 0 Å². The zero-order chi connectivity index (χ0) is 13.3. The number of hydrogen-bond acceptors (Lipinski definition) is 2. The van der Waals surface area contributed by atoms with E-state index in [0.717, 1.165) is 18.4 Å². The zero-order valence-corrected chi connectivity index (χ0v) is 11.1. The molecule has 0 saturated heterocycles. The number of hydrogen-bond donors (Lipinski definition) is 0. The molecule has 0 N–H and O–H groups in total. The summed E-state index contributed by atoms with van der Waals surface area (Å²) in [6, 6.07) is 7.11. The van der Waals surface area contributed by atoms with Crippen LogP contribution in [0, 0.1) is 5.92 Å². The molecule has 0 aliphatic heterocycles. The average molecular weight is 242 g/mol. The molecule has 2 nitrogen and oxygen atoms in total. The van der Waals surface area contributed by atoms with Crippen molar-refractivity contribution in [3.8, 4) is 0 Å². The summed E-state index contributed by atoms with van der Waals surface area (Å²) in [5.74, 6) is 0.235. The van der Waals surface area contributed by atoms with Crippen molar-refractivity contribution in [3.63, 3.8) is 0 Å². The average Bonchev–Trinajstić information content (AvgIpc) is 2.41. The molecule has 1 aromatic rings. The largest absolute Gasteiger partial charge is 0.289 e. The van der Waals surface area contributed by atoms with E-state index in [2.05, 4.69) is 13.8 Å². The van der Waals surface area contributed by atoms with E-state index in [1.54, 1.807) is 25.1 Å². The maximum Gasteiger partial charge on any atom is 0.190 e. The molecule has 2 rings (SSSR count). The molecular formula is C16H18O2. The maximum atomic E-state index is 12.5. The monoisotopic (exact) mass is 242 g/mol. The zero-order valence-electron chi connectivity index (χ0n) is 11.1. The Morgan fingerprint density at radius 3 is 1.94 bits per heavy atom. The van der Waals surface area contributed by atoms with Gasteiger partial charge in [-0.3, -0.25) is 9.59 Å². The minimum absolute atomic E-state index is 0.00657. The summed E-state index contributed by atoms with van der Waals surface area (Å²) in [5, 5.41) is 0. The predicted molar refractivity (Wildman–Crippen MR) is 71.9 cm³/mol. The molecule has 1 aliphatic carbocycles. The number of carbonyl (C=O) groups is 2. The highest BCUT2D eigenvalue weighted by Gasteiger charge is 2.32. The standard InChI is InChI=1S/C16H18O2/c1-4-11(5-2)14-10(3)15(17)12-8-6-7-9-13(12)16(14)18/h6-9,11H,4-5H2,1-3H3. The summed E-state index contributed by atoms with van der Waals surface area (Å²) in [4.78, 5) is 24.8. The third kappa shape index (κ3) is 1.82. The van der Waals surface area contributed by atoms with Crippen LogP contribution >= 0.6 is 0 Å². The van der Waals surface area contributed by atoms with Gasteiger partial charge in [-0.15, -0.1) is 0 Å². The van der Waals surface area contributed by atoms with E-state index >= 15 is 0 Å². The van der Waals surface area contributed by atoms with Crippen LogP contribution in [0.15, 0.2) is 35.4 Å². The van der Waals surface area contributed by atoms with Gasteiger partial charge in [0.25, 0.3) is 0 Å². The Morgan fingerprint density at radius 1 is 0.944 bits per heavy atom. The summed E-state index contributed by atoms with van der Waals surface area (Å²) in [7, 11) is 0. The molecule has 0 amide bonds. The molecule has 0 aromatic heterocycles. The Bertz CT molecular complexity index is 534. The molecule has 0 unspecified atom stereocenters. The van der Waals surface area contributed by atoms with Gasteiger partial charge in [0.15, 0.2) is 11.6 Å². The van der Waals surface area contributed by atoms with Crippen LogP contribution in [-0.4, -0.2) is 11.6 Å². The van der Waals surface area contributed by atoms with E-state index in [9.17, 15) is 9.59 Å². The molecule has 2 heteroatoms. The summed E-state index contributed by atoms with van der Waals surface area (Å²) in [6.07, 6.45) is 1.79. The van der Waals surface area contributed by atoms with Crippen molar-refractivity contribution in [2.24, 2.45) is 5.92 Å². The number of carbonyl (C=O) groups excluding carboxylic acids is 2. The molecule has 0 saturated carbocycles. The van der Waals surface area contributed by atoms with Gasteiger partial charge in [-0.25, -0.2) is 0 Å². The van der Waals surface area contributed by atoms with Crippen LogP contribution in [0.4, 0.5) is 0 Å². The van der Waals surface area contributed by atoms with Gasteiger partial charge < -0.3 is 0 Å².